The second-order valence-electron chi connectivity index (χ2n) is 3.41. The molecule has 0 aliphatic carbocycles. The smallest absolute Gasteiger partial charge is 0.517 e. The van der Waals surface area contributed by atoms with E-state index in [1.807, 2.05) is 0 Å². The third-order valence-electron chi connectivity index (χ3n) is 2.27. The standard InChI is InChI=1S/C9H7BF3O2.K/c11-10(12,13)9-5-7(14)6-3-1-2-4-8(6)15-9;/h1-4,9H,5H2;/q-1;+1. The molecule has 0 fully saturated rings. The summed E-state index contributed by atoms with van der Waals surface area (Å²) >= 11 is 0. The van der Waals surface area contributed by atoms with Crippen LogP contribution in [-0.4, -0.2) is 18.8 Å². The molecule has 0 saturated heterocycles. The van der Waals surface area contributed by atoms with Crippen molar-refractivity contribution in [2.75, 3.05) is 0 Å². The SMILES string of the molecule is O=C1CC([B-](F)(F)F)Oc2ccccc21.[K+]. The van der Waals surface area contributed by atoms with E-state index < -0.39 is 25.2 Å². The number of Topliss-reactive ketones (excluding diaryl/α,β-unsaturated/α-hetero) is 1. The molecule has 1 aromatic carbocycles. The average molecular weight is 254 g/mol. The predicted molar refractivity (Wildman–Crippen MR) is 48.9 cm³/mol. The molecule has 0 spiro atoms. The van der Waals surface area contributed by atoms with Crippen LogP contribution in [0.25, 0.3) is 0 Å². The fraction of sp³-hybridized carbons (Fsp3) is 0.222. The van der Waals surface area contributed by atoms with E-state index in [0.29, 0.717) is 0 Å². The Morgan fingerprint density at radius 1 is 1.25 bits per heavy atom. The second-order valence-corrected chi connectivity index (χ2v) is 3.41. The van der Waals surface area contributed by atoms with E-state index in [0.717, 1.165) is 0 Å². The quantitative estimate of drug-likeness (QED) is 0.626. The van der Waals surface area contributed by atoms with Crippen LogP contribution >= 0.6 is 0 Å². The number of carbonyl (C=O) groups excluding carboxylic acids is 1. The Morgan fingerprint density at radius 3 is 2.50 bits per heavy atom. The molecule has 80 valence electrons. The van der Waals surface area contributed by atoms with Crippen molar-refractivity contribution < 1.29 is 73.9 Å². The van der Waals surface area contributed by atoms with Gasteiger partial charge >= 0.3 is 58.4 Å². The number of ketones is 1. The van der Waals surface area contributed by atoms with Crippen LogP contribution in [0.15, 0.2) is 24.3 Å². The molecule has 0 amide bonds. The molecule has 0 aromatic heterocycles. The topological polar surface area (TPSA) is 26.3 Å². The molecule has 2 rings (SSSR count). The van der Waals surface area contributed by atoms with E-state index in [9.17, 15) is 17.7 Å². The number of carbonyl (C=O) groups is 1. The Kier molecular flexibility index (Phi) is 4.65. The fourth-order valence-electron chi connectivity index (χ4n) is 1.51. The molecule has 7 heteroatoms. The normalized spacial score (nSPS) is 19.4. The zero-order chi connectivity index (χ0) is 11.1. The molecular formula is C9H7BF3KO2. The zero-order valence-corrected chi connectivity index (χ0v) is 11.7. The van der Waals surface area contributed by atoms with Crippen LogP contribution in [0.5, 0.6) is 5.75 Å². The minimum absolute atomic E-state index is 0. The summed E-state index contributed by atoms with van der Waals surface area (Å²) in [5, 5.41) is 0. The van der Waals surface area contributed by atoms with Gasteiger partial charge in [0.15, 0.2) is 5.78 Å². The Morgan fingerprint density at radius 2 is 1.88 bits per heavy atom. The van der Waals surface area contributed by atoms with Gasteiger partial charge in [0.05, 0.1) is 11.6 Å². The van der Waals surface area contributed by atoms with E-state index in [1.165, 1.54) is 18.2 Å². The Labute approximate surface area is 133 Å². The molecule has 1 atom stereocenters. The number of rotatable bonds is 1. The summed E-state index contributed by atoms with van der Waals surface area (Å²) in [6.45, 7) is -5.13. The van der Waals surface area contributed by atoms with Gasteiger partial charge in [-0.15, -0.1) is 0 Å². The van der Waals surface area contributed by atoms with Gasteiger partial charge in [-0.2, -0.15) is 0 Å². The fourth-order valence-corrected chi connectivity index (χ4v) is 1.51. The number of halogens is 3. The Balaban J connectivity index is 0.00000128. The van der Waals surface area contributed by atoms with Gasteiger partial charge in [0.2, 0.25) is 0 Å². The molecule has 1 aliphatic heterocycles. The summed E-state index contributed by atoms with van der Waals surface area (Å²) in [5.41, 5.74) is 0.230. The van der Waals surface area contributed by atoms with E-state index in [2.05, 4.69) is 0 Å². The molecular weight excluding hydrogens is 247 g/mol. The largest absolute Gasteiger partial charge is 1.00 e. The van der Waals surface area contributed by atoms with Crippen LogP contribution in [0, 0.1) is 0 Å². The second kappa shape index (κ2) is 5.22. The molecule has 1 unspecified atom stereocenters. The van der Waals surface area contributed by atoms with Gasteiger partial charge in [-0.05, 0) is 12.1 Å². The molecule has 0 saturated carbocycles. The van der Waals surface area contributed by atoms with Crippen LogP contribution in [0.4, 0.5) is 12.9 Å². The van der Waals surface area contributed by atoms with Crippen LogP contribution in [0.2, 0.25) is 0 Å². The maximum atomic E-state index is 12.4. The third-order valence-corrected chi connectivity index (χ3v) is 2.27. The first-order chi connectivity index (χ1) is 6.98. The van der Waals surface area contributed by atoms with Crippen molar-refractivity contribution in [1.29, 1.82) is 0 Å². The molecule has 0 radical (unpaired) electrons. The van der Waals surface area contributed by atoms with E-state index in [-0.39, 0.29) is 62.7 Å². The van der Waals surface area contributed by atoms with Crippen molar-refractivity contribution in [1.82, 2.24) is 0 Å². The molecule has 2 nitrogen and oxygen atoms in total. The average Bonchev–Trinajstić information content (AvgIpc) is 2.16. The van der Waals surface area contributed by atoms with Crippen molar-refractivity contribution in [2.24, 2.45) is 0 Å². The minimum Gasteiger partial charge on any atom is -0.517 e. The molecule has 1 aromatic rings. The predicted octanol–water partition coefficient (Wildman–Crippen LogP) is -0.589. The van der Waals surface area contributed by atoms with Gasteiger partial charge in [0, 0.05) is 6.42 Å². The summed E-state index contributed by atoms with van der Waals surface area (Å²) in [6.07, 6.45) is -0.611. The number of para-hydroxylation sites is 1. The van der Waals surface area contributed by atoms with Gasteiger partial charge in [-0.3, -0.25) is 4.79 Å². The van der Waals surface area contributed by atoms with Crippen LogP contribution in [0.3, 0.4) is 0 Å². The molecule has 16 heavy (non-hydrogen) atoms. The third kappa shape index (κ3) is 2.89. The number of fused-ring (bicyclic) bond motifs is 1. The van der Waals surface area contributed by atoms with E-state index >= 15 is 0 Å². The van der Waals surface area contributed by atoms with Gasteiger partial charge in [0.1, 0.15) is 5.75 Å². The summed E-state index contributed by atoms with van der Waals surface area (Å²) in [5.74, 6) is -0.487. The van der Waals surface area contributed by atoms with Crippen molar-refractivity contribution in [2.45, 2.75) is 12.4 Å². The summed E-state index contributed by atoms with van der Waals surface area (Å²) in [4.78, 5) is 11.4. The van der Waals surface area contributed by atoms with Gasteiger partial charge in [-0.1, -0.05) is 12.1 Å². The molecule has 1 heterocycles. The summed E-state index contributed by atoms with van der Waals surface area (Å²) < 4.78 is 41.9. The van der Waals surface area contributed by atoms with E-state index in [4.69, 9.17) is 4.74 Å². The molecule has 1 aliphatic rings. The summed E-state index contributed by atoms with van der Waals surface area (Å²) in [7, 11) is 0. The zero-order valence-electron chi connectivity index (χ0n) is 8.62. The van der Waals surface area contributed by atoms with Crippen LogP contribution in [0.1, 0.15) is 16.8 Å². The van der Waals surface area contributed by atoms with E-state index in [1.54, 1.807) is 6.07 Å². The first-order valence-electron chi connectivity index (χ1n) is 4.47. The summed E-state index contributed by atoms with van der Waals surface area (Å²) in [6, 6.07) is 4.03. The molecule has 0 bridgehead atoms. The maximum Gasteiger partial charge on any atom is 1.00 e. The monoisotopic (exact) mass is 254 g/mol. The Bertz CT molecular complexity index is 408. The van der Waals surface area contributed by atoms with Gasteiger partial charge < -0.3 is 17.7 Å². The van der Waals surface area contributed by atoms with Crippen molar-refractivity contribution in [3.05, 3.63) is 29.8 Å². The van der Waals surface area contributed by atoms with Gasteiger partial charge in [-0.25, -0.2) is 0 Å². The van der Waals surface area contributed by atoms with Crippen LogP contribution < -0.4 is 56.1 Å². The van der Waals surface area contributed by atoms with Gasteiger partial charge in [0.25, 0.3) is 0 Å². The minimum atomic E-state index is -5.13. The molecule has 0 N–H and O–H groups in total. The Hall–Kier alpha value is 0.181. The first kappa shape index (κ1) is 14.2. The first-order valence-corrected chi connectivity index (χ1v) is 4.47. The maximum absolute atomic E-state index is 12.4. The number of hydrogen-bond donors (Lipinski definition) is 0. The van der Waals surface area contributed by atoms with Crippen molar-refractivity contribution in [3.8, 4) is 5.75 Å². The number of benzene rings is 1. The van der Waals surface area contributed by atoms with Crippen molar-refractivity contribution >= 4 is 12.8 Å². The number of hydrogen-bond acceptors (Lipinski definition) is 2. The van der Waals surface area contributed by atoms with Crippen LogP contribution in [-0.2, 0) is 0 Å². The van der Waals surface area contributed by atoms with Crippen molar-refractivity contribution in [3.63, 3.8) is 0 Å². The number of ether oxygens (including phenoxy) is 1.